The fourth-order valence-electron chi connectivity index (χ4n) is 1.98. The zero-order valence-electron chi connectivity index (χ0n) is 13.3. The molecule has 0 nitrogen and oxygen atoms in total. The maximum absolute atomic E-state index is 4.10. The molecule has 0 fully saturated rings. The topological polar surface area (TPSA) is 0 Å². The second-order valence-electron chi connectivity index (χ2n) is 6.28. The smallest absolute Gasteiger partial charge is 0.0409 e. The first-order chi connectivity index (χ1) is 8.38. The third kappa shape index (κ3) is 7.59. The zero-order valence-corrected chi connectivity index (χ0v) is 13.3. The van der Waals surface area contributed by atoms with Gasteiger partial charge in [0.05, 0.1) is 0 Å². The van der Waals surface area contributed by atoms with E-state index in [1.807, 2.05) is 0 Å². The van der Waals surface area contributed by atoms with Crippen LogP contribution in [0, 0.1) is 35.5 Å². The monoisotopic (exact) mass is 248 g/mol. The summed E-state index contributed by atoms with van der Waals surface area (Å²) >= 11 is 0. The lowest BCUT2D eigenvalue weighted by Crippen LogP contribution is -2.11. The highest BCUT2D eigenvalue weighted by molar-refractivity contribution is 5.16. The van der Waals surface area contributed by atoms with Crippen LogP contribution in [0.25, 0.3) is 0 Å². The molecule has 0 spiro atoms. The van der Waals surface area contributed by atoms with Crippen LogP contribution >= 0.6 is 0 Å². The van der Waals surface area contributed by atoms with Crippen molar-refractivity contribution in [3.63, 3.8) is 0 Å². The Morgan fingerprint density at radius 2 is 1.78 bits per heavy atom. The van der Waals surface area contributed by atoms with Crippen molar-refractivity contribution in [2.24, 2.45) is 23.7 Å². The van der Waals surface area contributed by atoms with Crippen LogP contribution in [0.1, 0.15) is 67.2 Å². The Morgan fingerprint density at radius 3 is 2.22 bits per heavy atom. The first-order valence-electron chi connectivity index (χ1n) is 7.52. The second kappa shape index (κ2) is 9.26. The fourth-order valence-corrected chi connectivity index (χ4v) is 1.98. The molecule has 0 aromatic rings. The molecule has 0 aliphatic carbocycles. The van der Waals surface area contributed by atoms with E-state index < -0.39 is 0 Å². The highest BCUT2D eigenvalue weighted by Crippen LogP contribution is 2.23. The summed E-state index contributed by atoms with van der Waals surface area (Å²) in [6, 6.07) is 0. The minimum absolute atomic E-state index is 0.385. The van der Waals surface area contributed by atoms with Crippen molar-refractivity contribution in [2.75, 3.05) is 0 Å². The molecule has 3 atom stereocenters. The lowest BCUT2D eigenvalue weighted by Gasteiger charge is -2.20. The van der Waals surface area contributed by atoms with Crippen LogP contribution in [-0.2, 0) is 0 Å². The minimum Gasteiger partial charge on any atom is -0.102 e. The molecule has 0 saturated carbocycles. The Bertz CT molecular complexity index is 287. The molecule has 0 heterocycles. The van der Waals surface area contributed by atoms with E-state index in [4.69, 9.17) is 0 Å². The minimum atomic E-state index is 0.385. The molecule has 0 N–H and O–H groups in total. The predicted octanol–water partition coefficient (Wildman–Crippen LogP) is 5.69. The van der Waals surface area contributed by atoms with Crippen LogP contribution in [0.2, 0.25) is 0 Å². The number of hydrogen-bond acceptors (Lipinski definition) is 0. The maximum Gasteiger partial charge on any atom is 0.0409 e. The standard InChI is InChI=1S/C18H32/c1-8-10-16(6)11-9-12-18(15(4)5)13-17(7)14(2)3/h14,16-18H,4,8,10-11,13H2,1-3,5-7H3. The molecule has 0 bridgehead atoms. The normalized spacial score (nSPS) is 15.7. The molecule has 0 aliphatic heterocycles. The molecule has 0 radical (unpaired) electrons. The third-order valence-electron chi connectivity index (χ3n) is 3.85. The summed E-state index contributed by atoms with van der Waals surface area (Å²) in [4.78, 5) is 0. The summed E-state index contributed by atoms with van der Waals surface area (Å²) in [6.45, 7) is 17.6. The highest BCUT2D eigenvalue weighted by Gasteiger charge is 2.14. The van der Waals surface area contributed by atoms with Gasteiger partial charge < -0.3 is 0 Å². The van der Waals surface area contributed by atoms with Gasteiger partial charge in [-0.1, -0.05) is 65.5 Å². The van der Waals surface area contributed by atoms with Gasteiger partial charge in [0.15, 0.2) is 0 Å². The van der Waals surface area contributed by atoms with E-state index in [1.165, 1.54) is 18.4 Å². The highest BCUT2D eigenvalue weighted by atomic mass is 14.2. The van der Waals surface area contributed by atoms with Crippen LogP contribution in [-0.4, -0.2) is 0 Å². The zero-order chi connectivity index (χ0) is 14.1. The van der Waals surface area contributed by atoms with Crippen molar-refractivity contribution in [3.8, 4) is 11.8 Å². The van der Waals surface area contributed by atoms with E-state index in [1.54, 1.807) is 0 Å². The number of hydrogen-bond donors (Lipinski definition) is 0. The largest absolute Gasteiger partial charge is 0.102 e. The molecular weight excluding hydrogens is 216 g/mol. The van der Waals surface area contributed by atoms with Crippen molar-refractivity contribution in [1.82, 2.24) is 0 Å². The lowest BCUT2D eigenvalue weighted by molar-refractivity contribution is 0.369. The summed E-state index contributed by atoms with van der Waals surface area (Å²) < 4.78 is 0. The van der Waals surface area contributed by atoms with Crippen LogP contribution in [0.15, 0.2) is 12.2 Å². The molecule has 0 aliphatic rings. The molecule has 0 aromatic carbocycles. The van der Waals surface area contributed by atoms with Gasteiger partial charge in [-0.2, -0.15) is 0 Å². The van der Waals surface area contributed by atoms with Crippen LogP contribution in [0.4, 0.5) is 0 Å². The van der Waals surface area contributed by atoms with E-state index in [0.717, 1.165) is 24.7 Å². The summed E-state index contributed by atoms with van der Waals surface area (Å²) in [6.07, 6.45) is 4.74. The lowest BCUT2D eigenvalue weighted by atomic mass is 9.85. The average Bonchev–Trinajstić information content (AvgIpc) is 2.27. The molecule has 0 heteroatoms. The molecule has 0 saturated heterocycles. The van der Waals surface area contributed by atoms with Crippen molar-refractivity contribution in [3.05, 3.63) is 12.2 Å². The van der Waals surface area contributed by atoms with Crippen molar-refractivity contribution < 1.29 is 0 Å². The first-order valence-corrected chi connectivity index (χ1v) is 7.52. The average molecular weight is 248 g/mol. The Kier molecular flexibility index (Phi) is 8.90. The van der Waals surface area contributed by atoms with Gasteiger partial charge in [-0.3, -0.25) is 0 Å². The summed E-state index contributed by atoms with van der Waals surface area (Å²) in [5.74, 6) is 9.39. The Labute approximate surface area is 115 Å². The van der Waals surface area contributed by atoms with Crippen LogP contribution in [0.3, 0.4) is 0 Å². The van der Waals surface area contributed by atoms with Gasteiger partial charge >= 0.3 is 0 Å². The van der Waals surface area contributed by atoms with Gasteiger partial charge in [0.2, 0.25) is 0 Å². The van der Waals surface area contributed by atoms with Crippen molar-refractivity contribution in [2.45, 2.75) is 67.2 Å². The van der Waals surface area contributed by atoms with Crippen molar-refractivity contribution >= 4 is 0 Å². The maximum atomic E-state index is 4.10. The summed E-state index contributed by atoms with van der Waals surface area (Å²) in [5, 5.41) is 0. The molecule has 3 unspecified atom stereocenters. The van der Waals surface area contributed by atoms with E-state index in [-0.39, 0.29) is 0 Å². The van der Waals surface area contributed by atoms with Crippen LogP contribution in [0.5, 0.6) is 0 Å². The van der Waals surface area contributed by atoms with Gasteiger partial charge in [0.25, 0.3) is 0 Å². The van der Waals surface area contributed by atoms with E-state index in [0.29, 0.717) is 11.8 Å². The number of allylic oxidation sites excluding steroid dienone is 1. The number of rotatable bonds is 7. The Balaban J connectivity index is 4.37. The Morgan fingerprint density at radius 1 is 1.17 bits per heavy atom. The molecular formula is C18H32. The van der Waals surface area contributed by atoms with E-state index in [9.17, 15) is 0 Å². The van der Waals surface area contributed by atoms with Gasteiger partial charge in [-0.05, 0) is 31.1 Å². The van der Waals surface area contributed by atoms with Crippen molar-refractivity contribution in [1.29, 1.82) is 0 Å². The van der Waals surface area contributed by atoms with Gasteiger partial charge in [-0.25, -0.2) is 0 Å². The van der Waals surface area contributed by atoms with Gasteiger partial charge in [0.1, 0.15) is 0 Å². The molecule has 18 heavy (non-hydrogen) atoms. The quantitative estimate of drug-likeness (QED) is 0.401. The molecule has 0 aromatic heterocycles. The van der Waals surface area contributed by atoms with Crippen LogP contribution < -0.4 is 0 Å². The Hall–Kier alpha value is -0.700. The molecule has 0 rings (SSSR count). The van der Waals surface area contributed by atoms with Gasteiger partial charge in [0, 0.05) is 12.3 Å². The fraction of sp³-hybridized carbons (Fsp3) is 0.778. The van der Waals surface area contributed by atoms with E-state index >= 15 is 0 Å². The first kappa shape index (κ1) is 17.3. The van der Waals surface area contributed by atoms with E-state index in [2.05, 4.69) is 60.0 Å². The third-order valence-corrected chi connectivity index (χ3v) is 3.85. The SMILES string of the molecule is C=C(C)C(C#CCC(C)CCC)CC(C)C(C)C. The predicted molar refractivity (Wildman–Crippen MR) is 83.4 cm³/mol. The molecule has 0 amide bonds. The summed E-state index contributed by atoms with van der Waals surface area (Å²) in [7, 11) is 0. The molecule has 104 valence electrons. The summed E-state index contributed by atoms with van der Waals surface area (Å²) in [5.41, 5.74) is 1.22. The second-order valence-corrected chi connectivity index (χ2v) is 6.28. The van der Waals surface area contributed by atoms with Gasteiger partial charge in [-0.15, -0.1) is 5.92 Å².